The molecule has 0 radical (unpaired) electrons. The summed E-state index contributed by atoms with van der Waals surface area (Å²) in [6.07, 6.45) is -11.2. The number of amides is 2. The highest BCUT2D eigenvalue weighted by atomic mass is 19.4. The molecule has 16 heteroatoms. The normalized spacial score (nSPS) is 14.8. The van der Waals surface area contributed by atoms with E-state index in [1.165, 1.54) is 19.2 Å². The molecular formula is C23H21F7N2O7. The molecule has 2 atom stereocenters. The van der Waals surface area contributed by atoms with Crippen LogP contribution in [0.5, 0.6) is 5.75 Å². The lowest BCUT2D eigenvalue weighted by Crippen LogP contribution is -2.69. The Morgan fingerprint density at radius 3 is 1.77 bits per heavy atom. The molecule has 0 saturated heterocycles. The highest BCUT2D eigenvalue weighted by Gasteiger charge is 2.66. The Morgan fingerprint density at radius 1 is 0.795 bits per heavy atom. The molecule has 2 amide bonds. The molecular weight excluding hydrogens is 549 g/mol. The molecule has 2 aromatic rings. The molecule has 214 valence electrons. The third kappa shape index (κ3) is 6.68. The summed E-state index contributed by atoms with van der Waals surface area (Å²) < 4.78 is 110. The van der Waals surface area contributed by atoms with E-state index in [1.54, 1.807) is 0 Å². The molecule has 0 aliphatic carbocycles. The molecule has 2 aromatic carbocycles. The van der Waals surface area contributed by atoms with E-state index in [0.717, 1.165) is 36.4 Å². The van der Waals surface area contributed by atoms with Crippen molar-refractivity contribution in [3.63, 3.8) is 0 Å². The fraction of sp³-hybridized carbons (Fsp3) is 0.348. The first-order valence-corrected chi connectivity index (χ1v) is 10.9. The van der Waals surface area contributed by atoms with Crippen molar-refractivity contribution in [2.75, 3.05) is 18.5 Å². The van der Waals surface area contributed by atoms with E-state index in [1.807, 2.05) is 5.32 Å². The number of ether oxygens (including phenoxy) is 3. The van der Waals surface area contributed by atoms with Crippen LogP contribution in [0.3, 0.4) is 0 Å². The first kappa shape index (κ1) is 31.1. The Bertz CT molecular complexity index is 1170. The van der Waals surface area contributed by atoms with E-state index < -0.39 is 77.7 Å². The number of anilines is 1. The maximum atomic E-state index is 14.1. The monoisotopic (exact) mass is 570 g/mol. The molecule has 39 heavy (non-hydrogen) atoms. The van der Waals surface area contributed by atoms with Crippen LogP contribution in [-0.2, 0) is 24.7 Å². The van der Waals surface area contributed by atoms with Gasteiger partial charge < -0.3 is 24.6 Å². The van der Waals surface area contributed by atoms with E-state index in [-0.39, 0.29) is 0 Å². The van der Waals surface area contributed by atoms with Crippen molar-refractivity contribution in [1.82, 2.24) is 5.32 Å². The van der Waals surface area contributed by atoms with Crippen molar-refractivity contribution in [2.45, 2.75) is 37.5 Å². The average molecular weight is 570 g/mol. The van der Waals surface area contributed by atoms with Gasteiger partial charge >= 0.3 is 36.0 Å². The van der Waals surface area contributed by atoms with Gasteiger partial charge in [-0.3, -0.25) is 5.32 Å². The first-order chi connectivity index (χ1) is 18.0. The lowest BCUT2D eigenvalue weighted by Gasteiger charge is -2.34. The van der Waals surface area contributed by atoms with Crippen LogP contribution in [0.2, 0.25) is 0 Å². The van der Waals surface area contributed by atoms with E-state index in [0.29, 0.717) is 12.1 Å². The van der Waals surface area contributed by atoms with Gasteiger partial charge in [-0.05, 0) is 50.2 Å². The fourth-order valence-corrected chi connectivity index (χ4v) is 3.02. The number of aliphatic hydroxyl groups is 1. The smallest absolute Gasteiger partial charge is 0.460 e. The summed E-state index contributed by atoms with van der Waals surface area (Å²) in [5, 5.41) is 13.2. The largest absolute Gasteiger partial charge is 0.463 e. The summed E-state index contributed by atoms with van der Waals surface area (Å²) in [6.45, 7) is 1.34. The van der Waals surface area contributed by atoms with Gasteiger partial charge in [-0.2, -0.15) is 26.3 Å². The number of alkyl halides is 6. The highest BCUT2D eigenvalue weighted by molar-refractivity contribution is 5.94. The van der Waals surface area contributed by atoms with Crippen LogP contribution in [0.4, 0.5) is 41.2 Å². The maximum Gasteiger partial charge on any atom is 0.460 e. The second-order valence-electron chi connectivity index (χ2n) is 7.54. The molecule has 0 aliphatic rings. The van der Waals surface area contributed by atoms with Gasteiger partial charge in [0.2, 0.25) is 0 Å². The van der Waals surface area contributed by atoms with E-state index in [4.69, 9.17) is 4.74 Å². The Hall–Kier alpha value is -4.08. The number of rotatable bonds is 9. The number of carbonyl (C=O) groups is 3. The zero-order chi connectivity index (χ0) is 29.6. The Morgan fingerprint density at radius 2 is 1.31 bits per heavy atom. The lowest BCUT2D eigenvalue weighted by atomic mass is 9.93. The summed E-state index contributed by atoms with van der Waals surface area (Å²) in [5.41, 5.74) is -9.66. The van der Waals surface area contributed by atoms with Crippen LogP contribution in [-0.4, -0.2) is 54.4 Å². The molecule has 0 bridgehead atoms. The van der Waals surface area contributed by atoms with Crippen LogP contribution in [0.25, 0.3) is 0 Å². The van der Waals surface area contributed by atoms with Gasteiger partial charge in [-0.15, -0.1) is 0 Å². The SMILES string of the molecule is CCOC(=O)[C@@](NC(=O)Nc1ccc([C@@](O)(C(=O)OCC)C(F)(F)F)cc1)(Oc1ccc(F)cc1)C(F)(F)F. The average Bonchev–Trinajstić information content (AvgIpc) is 2.83. The molecule has 0 unspecified atom stereocenters. The minimum atomic E-state index is -5.64. The molecule has 0 saturated carbocycles. The van der Waals surface area contributed by atoms with E-state index >= 15 is 0 Å². The first-order valence-electron chi connectivity index (χ1n) is 10.9. The molecule has 3 N–H and O–H groups in total. The van der Waals surface area contributed by atoms with Gasteiger partial charge in [-0.1, -0.05) is 12.1 Å². The third-order valence-electron chi connectivity index (χ3n) is 4.88. The van der Waals surface area contributed by atoms with Gasteiger partial charge in [0, 0.05) is 11.3 Å². The van der Waals surface area contributed by atoms with Gasteiger partial charge in [0.15, 0.2) is 0 Å². The van der Waals surface area contributed by atoms with Gasteiger partial charge in [0.25, 0.3) is 5.60 Å². The van der Waals surface area contributed by atoms with Gasteiger partial charge in [0.05, 0.1) is 13.2 Å². The van der Waals surface area contributed by atoms with Gasteiger partial charge in [0.1, 0.15) is 11.6 Å². The second kappa shape index (κ2) is 11.8. The topological polar surface area (TPSA) is 123 Å². The van der Waals surface area contributed by atoms with Crippen LogP contribution in [0.1, 0.15) is 19.4 Å². The second-order valence-corrected chi connectivity index (χ2v) is 7.54. The quantitative estimate of drug-likeness (QED) is 0.235. The fourth-order valence-electron chi connectivity index (χ4n) is 3.02. The Balaban J connectivity index is 2.38. The number of esters is 2. The van der Waals surface area contributed by atoms with Crippen LogP contribution in [0.15, 0.2) is 48.5 Å². The van der Waals surface area contributed by atoms with Crippen molar-refractivity contribution in [1.29, 1.82) is 0 Å². The molecule has 0 spiro atoms. The van der Waals surface area contributed by atoms with Crippen LogP contribution >= 0.6 is 0 Å². The van der Waals surface area contributed by atoms with Crippen molar-refractivity contribution < 1.29 is 64.4 Å². The van der Waals surface area contributed by atoms with Gasteiger partial charge in [-0.25, -0.2) is 18.8 Å². The molecule has 0 aliphatic heterocycles. The molecule has 0 aromatic heterocycles. The number of urea groups is 1. The van der Waals surface area contributed by atoms with Crippen molar-refractivity contribution in [3.8, 4) is 5.75 Å². The zero-order valence-electron chi connectivity index (χ0n) is 20.1. The molecule has 9 nitrogen and oxygen atoms in total. The summed E-state index contributed by atoms with van der Waals surface area (Å²) in [6, 6.07) is 3.80. The van der Waals surface area contributed by atoms with Crippen molar-refractivity contribution in [2.24, 2.45) is 0 Å². The minimum absolute atomic E-state index is 0.425. The zero-order valence-corrected chi connectivity index (χ0v) is 20.1. The van der Waals surface area contributed by atoms with Crippen molar-refractivity contribution >= 4 is 23.7 Å². The number of halogens is 7. The summed E-state index contributed by atoms with van der Waals surface area (Å²) in [7, 11) is 0. The van der Waals surface area contributed by atoms with E-state index in [2.05, 4.69) is 9.47 Å². The lowest BCUT2D eigenvalue weighted by molar-refractivity contribution is -0.268. The number of nitrogens with one attached hydrogen (secondary N) is 2. The van der Waals surface area contributed by atoms with E-state index in [9.17, 15) is 50.2 Å². The molecule has 0 heterocycles. The predicted molar refractivity (Wildman–Crippen MR) is 118 cm³/mol. The maximum absolute atomic E-state index is 14.1. The number of carbonyl (C=O) groups excluding carboxylic acids is 3. The molecule has 2 rings (SSSR count). The minimum Gasteiger partial charge on any atom is -0.463 e. The predicted octanol–water partition coefficient (Wildman–Crippen LogP) is 4.16. The molecule has 0 fully saturated rings. The number of hydrogen-bond acceptors (Lipinski definition) is 7. The Kier molecular flexibility index (Phi) is 9.39. The summed E-state index contributed by atoms with van der Waals surface area (Å²) in [4.78, 5) is 36.7. The van der Waals surface area contributed by atoms with Crippen LogP contribution < -0.4 is 15.4 Å². The third-order valence-corrected chi connectivity index (χ3v) is 4.88. The van der Waals surface area contributed by atoms with Crippen LogP contribution in [0, 0.1) is 5.82 Å². The summed E-state index contributed by atoms with van der Waals surface area (Å²) in [5.74, 6) is -5.64. The Labute approximate surface area is 215 Å². The standard InChI is InChI=1S/C23H21F7N2O7/c1-3-37-17(33)20(36,22(25,26)27)13-5-9-15(10-6-13)31-19(35)32-21(23(28,29)30,18(34)38-4-2)39-16-11-7-14(24)8-12-16/h5-12,36H,3-4H2,1-2H3,(H2,31,32,35)/t20-,21-/m1/s1. The van der Waals surface area contributed by atoms with Crippen molar-refractivity contribution in [3.05, 3.63) is 59.9 Å². The number of hydrogen-bond donors (Lipinski definition) is 3. The summed E-state index contributed by atoms with van der Waals surface area (Å²) >= 11 is 0. The number of benzene rings is 2. The highest BCUT2D eigenvalue weighted by Crippen LogP contribution is 2.40.